The summed E-state index contributed by atoms with van der Waals surface area (Å²) in [5.74, 6) is -0.389. The fourth-order valence-electron chi connectivity index (χ4n) is 3.52. The van der Waals surface area contributed by atoms with Crippen molar-refractivity contribution in [3.63, 3.8) is 0 Å². The van der Waals surface area contributed by atoms with Crippen LogP contribution in [-0.2, 0) is 23.1 Å². The van der Waals surface area contributed by atoms with Crippen molar-refractivity contribution in [2.24, 2.45) is 0 Å². The van der Waals surface area contributed by atoms with Gasteiger partial charge in [0.25, 0.3) is 0 Å². The number of hydrogen-bond acceptors (Lipinski definition) is 4. The predicted octanol–water partition coefficient (Wildman–Crippen LogP) is 3.76. The number of carbonyl (C=O) groups is 1. The van der Waals surface area contributed by atoms with E-state index in [0.29, 0.717) is 5.75 Å². The topological polar surface area (TPSA) is 83.9 Å². The maximum atomic E-state index is 13.3. The highest BCUT2D eigenvalue weighted by molar-refractivity contribution is 7.89. The van der Waals surface area contributed by atoms with Crippen molar-refractivity contribution < 1.29 is 23.1 Å². The van der Waals surface area contributed by atoms with Gasteiger partial charge in [0.1, 0.15) is 5.75 Å². The lowest BCUT2D eigenvalue weighted by molar-refractivity contribution is 0.0696. The fourth-order valence-corrected chi connectivity index (χ4v) is 4.91. The lowest BCUT2D eigenvalue weighted by Crippen LogP contribution is -2.29. The Labute approximate surface area is 169 Å². The highest BCUT2D eigenvalue weighted by Gasteiger charge is 2.29. The number of methoxy groups -OCH3 is 1. The Morgan fingerprint density at radius 1 is 0.931 bits per heavy atom. The van der Waals surface area contributed by atoms with Crippen LogP contribution < -0.4 is 4.74 Å². The highest BCUT2D eigenvalue weighted by Crippen LogP contribution is 2.36. The molecule has 0 atom stereocenters. The highest BCUT2D eigenvalue weighted by atomic mass is 32.2. The molecule has 7 heteroatoms. The smallest absolute Gasteiger partial charge is 0.335 e. The third-order valence-corrected chi connectivity index (χ3v) is 6.86. The van der Waals surface area contributed by atoms with Crippen molar-refractivity contribution in [1.29, 1.82) is 0 Å². The molecule has 1 aliphatic heterocycles. The van der Waals surface area contributed by atoms with Gasteiger partial charge in [0, 0.05) is 13.1 Å². The first-order chi connectivity index (χ1) is 13.9. The number of ether oxygens (including phenoxy) is 1. The van der Waals surface area contributed by atoms with Gasteiger partial charge in [0.15, 0.2) is 0 Å². The van der Waals surface area contributed by atoms with Crippen LogP contribution in [0.3, 0.4) is 0 Å². The summed E-state index contributed by atoms with van der Waals surface area (Å²) >= 11 is 0. The molecule has 0 radical (unpaired) electrons. The first-order valence-corrected chi connectivity index (χ1v) is 10.4. The lowest BCUT2D eigenvalue weighted by Gasteiger charge is -2.21. The zero-order valence-electron chi connectivity index (χ0n) is 15.7. The molecule has 0 bridgehead atoms. The molecule has 0 unspecified atom stereocenters. The van der Waals surface area contributed by atoms with E-state index in [-0.39, 0.29) is 23.5 Å². The van der Waals surface area contributed by atoms with E-state index in [1.54, 1.807) is 7.11 Å². The SMILES string of the molecule is COc1ccc2c(c1)-c1ccccc1CN(S(=O)(=O)c1ccc(C(=O)O)cc1)C2. The van der Waals surface area contributed by atoms with Crippen LogP contribution in [0.4, 0.5) is 0 Å². The first-order valence-electron chi connectivity index (χ1n) is 8.99. The molecular weight excluding hydrogens is 390 g/mol. The normalized spacial score (nSPS) is 13.8. The van der Waals surface area contributed by atoms with Crippen molar-refractivity contribution >= 4 is 16.0 Å². The number of aromatic carboxylic acids is 1. The van der Waals surface area contributed by atoms with E-state index >= 15 is 0 Å². The van der Waals surface area contributed by atoms with Gasteiger partial charge in [-0.05, 0) is 58.7 Å². The number of carboxylic acid groups (broad SMARTS) is 1. The van der Waals surface area contributed by atoms with Crippen LogP contribution in [0.2, 0.25) is 0 Å². The molecule has 0 aromatic heterocycles. The Balaban J connectivity index is 1.80. The molecule has 0 saturated carbocycles. The minimum absolute atomic E-state index is 0.0441. The number of rotatable bonds is 4. The molecule has 148 valence electrons. The van der Waals surface area contributed by atoms with Gasteiger partial charge in [0.2, 0.25) is 10.0 Å². The quantitative estimate of drug-likeness (QED) is 0.709. The monoisotopic (exact) mass is 409 g/mol. The maximum Gasteiger partial charge on any atom is 0.335 e. The van der Waals surface area contributed by atoms with Gasteiger partial charge in [-0.1, -0.05) is 30.3 Å². The molecule has 1 heterocycles. The second kappa shape index (κ2) is 7.35. The van der Waals surface area contributed by atoms with Gasteiger partial charge in [-0.25, -0.2) is 13.2 Å². The van der Waals surface area contributed by atoms with Crippen LogP contribution in [0.15, 0.2) is 71.6 Å². The van der Waals surface area contributed by atoms with Gasteiger partial charge < -0.3 is 9.84 Å². The minimum Gasteiger partial charge on any atom is -0.497 e. The first kappa shape index (κ1) is 19.2. The molecule has 6 nitrogen and oxygen atoms in total. The minimum atomic E-state index is -3.82. The predicted molar refractivity (Wildman–Crippen MR) is 108 cm³/mol. The van der Waals surface area contributed by atoms with E-state index in [1.807, 2.05) is 42.5 Å². The second-order valence-corrected chi connectivity index (χ2v) is 8.72. The molecule has 0 aliphatic carbocycles. The van der Waals surface area contributed by atoms with Gasteiger partial charge in [-0.15, -0.1) is 0 Å². The molecule has 3 aromatic rings. The summed E-state index contributed by atoms with van der Waals surface area (Å²) in [4.78, 5) is 11.1. The number of nitrogens with zero attached hydrogens (tertiary/aromatic N) is 1. The zero-order valence-corrected chi connectivity index (χ0v) is 16.5. The van der Waals surface area contributed by atoms with E-state index in [1.165, 1.54) is 28.6 Å². The van der Waals surface area contributed by atoms with Crippen molar-refractivity contribution in [2.75, 3.05) is 7.11 Å². The van der Waals surface area contributed by atoms with Crippen molar-refractivity contribution in [2.45, 2.75) is 18.0 Å². The molecular formula is C22H19NO5S. The van der Waals surface area contributed by atoms with Crippen LogP contribution in [0.5, 0.6) is 5.75 Å². The van der Waals surface area contributed by atoms with E-state index in [0.717, 1.165) is 22.3 Å². The second-order valence-electron chi connectivity index (χ2n) is 6.78. The Morgan fingerprint density at radius 2 is 1.59 bits per heavy atom. The third kappa shape index (κ3) is 3.50. The largest absolute Gasteiger partial charge is 0.497 e. The summed E-state index contributed by atoms with van der Waals surface area (Å²) in [5, 5.41) is 9.06. The summed E-state index contributed by atoms with van der Waals surface area (Å²) in [7, 11) is -2.22. The zero-order chi connectivity index (χ0) is 20.6. The van der Waals surface area contributed by atoms with Gasteiger partial charge in [-0.2, -0.15) is 4.31 Å². The van der Waals surface area contributed by atoms with Crippen LogP contribution in [-0.4, -0.2) is 30.9 Å². The lowest BCUT2D eigenvalue weighted by atomic mass is 9.96. The van der Waals surface area contributed by atoms with Crippen LogP contribution >= 0.6 is 0 Å². The molecule has 1 N–H and O–H groups in total. The van der Waals surface area contributed by atoms with Gasteiger partial charge >= 0.3 is 5.97 Å². The Kier molecular flexibility index (Phi) is 4.86. The summed E-state index contributed by atoms with van der Waals surface area (Å²) in [6.45, 7) is 0.424. The van der Waals surface area contributed by atoms with E-state index in [4.69, 9.17) is 9.84 Å². The van der Waals surface area contributed by atoms with E-state index in [2.05, 4.69) is 0 Å². The molecule has 0 fully saturated rings. The number of sulfonamides is 1. The summed E-state index contributed by atoms with van der Waals surface area (Å²) in [6.07, 6.45) is 0. The van der Waals surface area contributed by atoms with Crippen LogP contribution in [0.1, 0.15) is 21.5 Å². The number of benzene rings is 3. The van der Waals surface area contributed by atoms with Gasteiger partial charge in [0.05, 0.1) is 17.6 Å². The van der Waals surface area contributed by atoms with Crippen LogP contribution in [0.25, 0.3) is 11.1 Å². The molecule has 0 spiro atoms. The van der Waals surface area contributed by atoms with Gasteiger partial charge in [-0.3, -0.25) is 0 Å². The number of hydrogen-bond donors (Lipinski definition) is 1. The number of fused-ring (bicyclic) bond motifs is 3. The summed E-state index contributed by atoms with van der Waals surface area (Å²) in [6, 6.07) is 18.6. The Morgan fingerprint density at radius 3 is 2.24 bits per heavy atom. The Bertz CT molecular complexity index is 1190. The molecule has 1 aliphatic rings. The average Bonchev–Trinajstić information content (AvgIpc) is 2.90. The summed E-state index contributed by atoms with van der Waals surface area (Å²) in [5.41, 5.74) is 3.73. The molecule has 0 amide bonds. The van der Waals surface area contributed by atoms with Crippen molar-refractivity contribution in [3.05, 3.63) is 83.4 Å². The number of carboxylic acids is 1. The van der Waals surface area contributed by atoms with Crippen molar-refractivity contribution in [3.8, 4) is 16.9 Å². The Hall–Kier alpha value is -3.16. The standard InChI is InChI=1S/C22H19NO5S/c1-28-18-9-6-17-14-23(13-16-4-2-3-5-20(16)21(17)12-18)29(26,27)19-10-7-15(8-11-19)22(24)25/h2-12H,13-14H2,1H3,(H,24,25). The van der Waals surface area contributed by atoms with Crippen LogP contribution in [0, 0.1) is 0 Å². The third-order valence-electron chi connectivity index (χ3n) is 5.06. The van der Waals surface area contributed by atoms with E-state index < -0.39 is 16.0 Å². The molecule has 0 saturated heterocycles. The van der Waals surface area contributed by atoms with Crippen molar-refractivity contribution in [1.82, 2.24) is 4.31 Å². The fraction of sp³-hybridized carbons (Fsp3) is 0.136. The summed E-state index contributed by atoms with van der Waals surface area (Å²) < 4.78 is 33.4. The molecule has 4 rings (SSSR count). The van der Waals surface area contributed by atoms with E-state index in [9.17, 15) is 13.2 Å². The molecule has 29 heavy (non-hydrogen) atoms. The molecule has 3 aromatic carbocycles. The average molecular weight is 409 g/mol. The maximum absolute atomic E-state index is 13.3.